The number of nitrogens with two attached hydrogens (primary N) is 1. The van der Waals surface area contributed by atoms with Crippen molar-refractivity contribution >= 4 is 23.2 Å². The average molecular weight is 271 g/mol. The van der Waals surface area contributed by atoms with Gasteiger partial charge in [0.05, 0.1) is 21.4 Å². The van der Waals surface area contributed by atoms with Crippen molar-refractivity contribution in [2.75, 3.05) is 0 Å². The number of nitrogens with zero attached hydrogens (tertiary/aromatic N) is 3. The summed E-state index contributed by atoms with van der Waals surface area (Å²) in [6.45, 7) is 3.79. The molecule has 0 aliphatic rings. The lowest BCUT2D eigenvalue weighted by atomic mass is 10.2. The Hall–Kier alpha value is -1.10. The normalized spacial score (nSPS) is 12.8. The van der Waals surface area contributed by atoms with Crippen LogP contribution in [-0.2, 0) is 0 Å². The molecule has 2 aromatic rings. The van der Waals surface area contributed by atoms with Crippen LogP contribution in [0.3, 0.4) is 0 Å². The Kier molecular flexibility index (Phi) is 3.38. The summed E-state index contributed by atoms with van der Waals surface area (Å²) in [6.07, 6.45) is 0. The summed E-state index contributed by atoms with van der Waals surface area (Å²) in [7, 11) is 0. The largest absolute Gasteiger partial charge is 0.323 e. The topological polar surface area (TPSA) is 56.7 Å². The Bertz CT molecular complexity index is 548. The van der Waals surface area contributed by atoms with Crippen LogP contribution in [-0.4, -0.2) is 15.0 Å². The van der Waals surface area contributed by atoms with Gasteiger partial charge in [0.2, 0.25) is 0 Å². The monoisotopic (exact) mass is 270 g/mol. The molecule has 1 atom stereocenters. The molecule has 0 fully saturated rings. The first-order valence-electron chi connectivity index (χ1n) is 5.14. The number of hydrogen-bond donors (Lipinski definition) is 1. The second-order valence-electron chi connectivity index (χ2n) is 3.86. The molecule has 1 unspecified atom stereocenters. The molecule has 1 heterocycles. The van der Waals surface area contributed by atoms with E-state index in [4.69, 9.17) is 28.9 Å². The van der Waals surface area contributed by atoms with Crippen LogP contribution in [0.1, 0.15) is 24.4 Å². The molecule has 1 aromatic carbocycles. The SMILES string of the molecule is Cc1c(C(C)N)nnn1-c1ccc(Cl)c(Cl)c1. The van der Waals surface area contributed by atoms with Gasteiger partial charge in [0.1, 0.15) is 5.69 Å². The van der Waals surface area contributed by atoms with Crippen LogP contribution in [0.4, 0.5) is 0 Å². The standard InChI is InChI=1S/C11H12Cl2N4/c1-6(14)11-7(2)17(16-15-11)8-3-4-9(12)10(13)5-8/h3-6H,14H2,1-2H3. The van der Waals surface area contributed by atoms with Gasteiger partial charge < -0.3 is 5.73 Å². The van der Waals surface area contributed by atoms with E-state index >= 15 is 0 Å². The molecule has 0 saturated carbocycles. The number of hydrogen-bond acceptors (Lipinski definition) is 3. The molecule has 0 amide bonds. The van der Waals surface area contributed by atoms with Crippen molar-refractivity contribution in [3.8, 4) is 5.69 Å². The third-order valence-corrected chi connectivity index (χ3v) is 3.25. The number of halogens is 2. The number of aromatic nitrogens is 3. The lowest BCUT2D eigenvalue weighted by Gasteiger charge is -2.06. The quantitative estimate of drug-likeness (QED) is 0.913. The maximum atomic E-state index is 5.97. The Morgan fingerprint density at radius 2 is 2.00 bits per heavy atom. The smallest absolute Gasteiger partial charge is 0.102 e. The highest BCUT2D eigenvalue weighted by Crippen LogP contribution is 2.25. The first-order chi connectivity index (χ1) is 8.00. The summed E-state index contributed by atoms with van der Waals surface area (Å²) >= 11 is 11.8. The van der Waals surface area contributed by atoms with E-state index in [0.717, 1.165) is 17.1 Å². The fraction of sp³-hybridized carbons (Fsp3) is 0.273. The first-order valence-corrected chi connectivity index (χ1v) is 5.89. The van der Waals surface area contributed by atoms with E-state index in [9.17, 15) is 0 Å². The maximum Gasteiger partial charge on any atom is 0.102 e. The fourth-order valence-electron chi connectivity index (χ4n) is 1.62. The Labute approximate surface area is 109 Å². The highest BCUT2D eigenvalue weighted by molar-refractivity contribution is 6.42. The van der Waals surface area contributed by atoms with E-state index in [0.29, 0.717) is 10.0 Å². The van der Waals surface area contributed by atoms with E-state index in [1.807, 2.05) is 19.9 Å². The number of rotatable bonds is 2. The molecule has 0 radical (unpaired) electrons. The molecule has 1 aromatic heterocycles. The van der Waals surface area contributed by atoms with Crippen molar-refractivity contribution in [2.24, 2.45) is 5.73 Å². The first kappa shape index (κ1) is 12.4. The lowest BCUT2D eigenvalue weighted by molar-refractivity contribution is 0.756. The predicted molar refractivity (Wildman–Crippen MR) is 68.7 cm³/mol. The van der Waals surface area contributed by atoms with Gasteiger partial charge in [0, 0.05) is 6.04 Å². The Morgan fingerprint density at radius 3 is 2.53 bits per heavy atom. The summed E-state index contributed by atoms with van der Waals surface area (Å²) < 4.78 is 1.70. The molecule has 4 nitrogen and oxygen atoms in total. The highest BCUT2D eigenvalue weighted by Gasteiger charge is 2.13. The molecule has 0 aliphatic heterocycles. The maximum absolute atomic E-state index is 5.97. The van der Waals surface area contributed by atoms with Crippen LogP contribution in [0.2, 0.25) is 10.0 Å². The van der Waals surface area contributed by atoms with Crippen molar-refractivity contribution in [1.29, 1.82) is 0 Å². The van der Waals surface area contributed by atoms with Crippen molar-refractivity contribution in [3.05, 3.63) is 39.6 Å². The summed E-state index contributed by atoms with van der Waals surface area (Å²) in [5.74, 6) is 0. The van der Waals surface area contributed by atoms with Crippen LogP contribution >= 0.6 is 23.2 Å². The molecule has 6 heteroatoms. The van der Waals surface area contributed by atoms with Gasteiger partial charge in [-0.2, -0.15) is 0 Å². The molecule has 0 spiro atoms. The summed E-state index contributed by atoms with van der Waals surface area (Å²) in [5.41, 5.74) is 8.29. The van der Waals surface area contributed by atoms with Gasteiger partial charge >= 0.3 is 0 Å². The van der Waals surface area contributed by atoms with Crippen LogP contribution < -0.4 is 5.73 Å². The van der Waals surface area contributed by atoms with Gasteiger partial charge in [-0.05, 0) is 32.0 Å². The van der Waals surface area contributed by atoms with Gasteiger partial charge in [0.25, 0.3) is 0 Å². The van der Waals surface area contributed by atoms with Crippen LogP contribution in [0.25, 0.3) is 5.69 Å². The molecule has 17 heavy (non-hydrogen) atoms. The van der Waals surface area contributed by atoms with E-state index in [-0.39, 0.29) is 6.04 Å². The molecule has 0 bridgehead atoms. The minimum atomic E-state index is -0.147. The summed E-state index contributed by atoms with van der Waals surface area (Å²) in [4.78, 5) is 0. The van der Waals surface area contributed by atoms with Crippen LogP contribution in [0, 0.1) is 6.92 Å². The fourth-order valence-corrected chi connectivity index (χ4v) is 1.92. The van der Waals surface area contributed by atoms with E-state index in [1.54, 1.807) is 16.8 Å². The molecule has 0 aliphatic carbocycles. The lowest BCUT2D eigenvalue weighted by Crippen LogP contribution is -2.07. The van der Waals surface area contributed by atoms with Crippen molar-refractivity contribution in [2.45, 2.75) is 19.9 Å². The van der Waals surface area contributed by atoms with E-state index < -0.39 is 0 Å². The number of benzene rings is 1. The Morgan fingerprint density at radius 1 is 1.29 bits per heavy atom. The zero-order valence-corrected chi connectivity index (χ0v) is 11.0. The van der Waals surface area contributed by atoms with Crippen LogP contribution in [0.5, 0.6) is 0 Å². The van der Waals surface area contributed by atoms with Gasteiger partial charge in [-0.3, -0.25) is 0 Å². The highest BCUT2D eigenvalue weighted by atomic mass is 35.5. The van der Waals surface area contributed by atoms with Gasteiger partial charge in [-0.1, -0.05) is 28.4 Å². The molecule has 0 saturated heterocycles. The van der Waals surface area contributed by atoms with Gasteiger partial charge in [-0.25, -0.2) is 4.68 Å². The third-order valence-electron chi connectivity index (χ3n) is 2.51. The zero-order chi connectivity index (χ0) is 12.6. The van der Waals surface area contributed by atoms with Gasteiger partial charge in [-0.15, -0.1) is 5.10 Å². The van der Waals surface area contributed by atoms with Gasteiger partial charge in [0.15, 0.2) is 0 Å². The molecule has 90 valence electrons. The third kappa shape index (κ3) is 2.29. The summed E-state index contributed by atoms with van der Waals surface area (Å²) in [6, 6.07) is 5.16. The van der Waals surface area contributed by atoms with Crippen LogP contribution in [0.15, 0.2) is 18.2 Å². The summed E-state index contributed by atoms with van der Waals surface area (Å²) in [5, 5.41) is 9.12. The van der Waals surface area contributed by atoms with E-state index in [1.165, 1.54) is 0 Å². The molecule has 2 N–H and O–H groups in total. The minimum absolute atomic E-state index is 0.147. The molecular weight excluding hydrogens is 259 g/mol. The molecule has 2 rings (SSSR count). The van der Waals surface area contributed by atoms with Crippen molar-refractivity contribution < 1.29 is 0 Å². The minimum Gasteiger partial charge on any atom is -0.323 e. The predicted octanol–water partition coefficient (Wildman–Crippen LogP) is 2.90. The second kappa shape index (κ2) is 4.64. The second-order valence-corrected chi connectivity index (χ2v) is 4.67. The van der Waals surface area contributed by atoms with Crippen molar-refractivity contribution in [3.63, 3.8) is 0 Å². The zero-order valence-electron chi connectivity index (χ0n) is 9.48. The van der Waals surface area contributed by atoms with Crippen molar-refractivity contribution in [1.82, 2.24) is 15.0 Å². The van der Waals surface area contributed by atoms with E-state index in [2.05, 4.69) is 10.3 Å². The average Bonchev–Trinajstić information content (AvgIpc) is 2.64. The Balaban J connectivity index is 2.50. The molecular formula is C11H12Cl2N4.